The minimum Gasteiger partial charge on any atom is -0.491 e. The van der Waals surface area contributed by atoms with Crippen LogP contribution < -0.4 is 10.1 Å². The maximum absolute atomic E-state index is 12.8. The van der Waals surface area contributed by atoms with Crippen molar-refractivity contribution in [3.63, 3.8) is 0 Å². The lowest BCUT2D eigenvalue weighted by atomic mass is 9.98. The van der Waals surface area contributed by atoms with E-state index >= 15 is 0 Å². The van der Waals surface area contributed by atoms with E-state index in [0.29, 0.717) is 38.6 Å². The smallest absolute Gasteiger partial charge is 0.250 e. The Morgan fingerprint density at radius 2 is 2.08 bits per heavy atom. The van der Waals surface area contributed by atoms with Crippen LogP contribution in [0.25, 0.3) is 0 Å². The number of fused-ring (bicyclic) bond motifs is 1. The van der Waals surface area contributed by atoms with Gasteiger partial charge in [0.25, 0.3) is 0 Å². The van der Waals surface area contributed by atoms with Crippen LogP contribution in [0.3, 0.4) is 0 Å². The van der Waals surface area contributed by atoms with Crippen molar-refractivity contribution in [3.8, 4) is 5.75 Å². The van der Waals surface area contributed by atoms with Crippen LogP contribution in [0.15, 0.2) is 18.2 Å². The second-order valence-corrected chi connectivity index (χ2v) is 6.30. The van der Waals surface area contributed by atoms with Crippen LogP contribution in [0, 0.1) is 5.92 Å². The fourth-order valence-corrected chi connectivity index (χ4v) is 3.19. The third-order valence-electron chi connectivity index (χ3n) is 4.48. The summed E-state index contributed by atoms with van der Waals surface area (Å²) in [6, 6.07) is 5.49. The Balaban J connectivity index is 1.71. The predicted octanol–water partition coefficient (Wildman–Crippen LogP) is 1.42. The fourth-order valence-electron chi connectivity index (χ4n) is 3.19. The first-order valence-corrected chi connectivity index (χ1v) is 8.58. The lowest BCUT2D eigenvalue weighted by Gasteiger charge is -2.28. The topological polar surface area (TPSA) is 77.1 Å². The largest absolute Gasteiger partial charge is 0.491 e. The van der Waals surface area contributed by atoms with Crippen LogP contribution in [0.1, 0.15) is 18.4 Å². The quantitative estimate of drug-likeness (QED) is 0.890. The van der Waals surface area contributed by atoms with Crippen molar-refractivity contribution in [1.29, 1.82) is 0 Å². The van der Waals surface area contributed by atoms with Gasteiger partial charge in [0, 0.05) is 44.0 Å². The van der Waals surface area contributed by atoms with E-state index in [1.807, 2.05) is 17.0 Å². The van der Waals surface area contributed by atoms with Crippen LogP contribution in [0.5, 0.6) is 5.75 Å². The molecule has 0 saturated carbocycles. The van der Waals surface area contributed by atoms with Crippen molar-refractivity contribution in [2.24, 2.45) is 5.92 Å². The van der Waals surface area contributed by atoms with Crippen LogP contribution in [0.2, 0.25) is 0 Å². The second kappa shape index (κ2) is 8.31. The maximum Gasteiger partial charge on any atom is 0.250 e. The summed E-state index contributed by atoms with van der Waals surface area (Å²) < 4.78 is 15.9. The summed E-state index contributed by atoms with van der Waals surface area (Å²) in [5.74, 6) is 0.729. The standard InChI is InChI=1S/C18H24N2O5/c1-23-12-17(21)19-15-2-3-16-14(10-15)11-20(6-9-25-16)18(22)13-4-7-24-8-5-13/h2-3,10,13H,4-9,11-12H2,1H3,(H,19,21). The zero-order valence-corrected chi connectivity index (χ0v) is 14.5. The summed E-state index contributed by atoms with van der Waals surface area (Å²) in [5.41, 5.74) is 1.57. The highest BCUT2D eigenvalue weighted by molar-refractivity contribution is 5.91. The third-order valence-corrected chi connectivity index (χ3v) is 4.48. The molecular formula is C18H24N2O5. The van der Waals surface area contributed by atoms with Gasteiger partial charge < -0.3 is 24.4 Å². The van der Waals surface area contributed by atoms with Crippen LogP contribution in [-0.2, 0) is 25.6 Å². The van der Waals surface area contributed by atoms with Gasteiger partial charge >= 0.3 is 0 Å². The number of nitrogens with zero attached hydrogens (tertiary/aromatic N) is 1. The third kappa shape index (κ3) is 4.49. The molecule has 0 aliphatic carbocycles. The lowest BCUT2D eigenvalue weighted by molar-refractivity contribution is -0.139. The Hall–Kier alpha value is -2.12. The molecule has 0 atom stereocenters. The predicted molar refractivity (Wildman–Crippen MR) is 91.4 cm³/mol. The van der Waals surface area contributed by atoms with E-state index in [2.05, 4.69) is 5.32 Å². The first-order valence-electron chi connectivity index (χ1n) is 8.58. The average Bonchev–Trinajstić information content (AvgIpc) is 2.84. The zero-order valence-electron chi connectivity index (χ0n) is 14.5. The monoisotopic (exact) mass is 348 g/mol. The van der Waals surface area contributed by atoms with Gasteiger partial charge in [-0.25, -0.2) is 0 Å². The molecule has 1 saturated heterocycles. The van der Waals surface area contributed by atoms with Crippen molar-refractivity contribution in [1.82, 2.24) is 4.90 Å². The Morgan fingerprint density at radius 3 is 2.84 bits per heavy atom. The molecule has 1 aromatic rings. The molecule has 1 N–H and O–H groups in total. The number of hydrogen-bond donors (Lipinski definition) is 1. The molecule has 3 rings (SSSR count). The van der Waals surface area contributed by atoms with Crippen molar-refractivity contribution in [2.75, 3.05) is 45.4 Å². The summed E-state index contributed by atoms with van der Waals surface area (Å²) >= 11 is 0. The van der Waals surface area contributed by atoms with Gasteiger partial charge in [0.2, 0.25) is 11.8 Å². The van der Waals surface area contributed by atoms with E-state index in [1.165, 1.54) is 7.11 Å². The minimum atomic E-state index is -0.216. The molecular weight excluding hydrogens is 324 g/mol. The first-order chi connectivity index (χ1) is 12.2. The highest BCUT2D eigenvalue weighted by Crippen LogP contribution is 2.28. The number of rotatable bonds is 4. The van der Waals surface area contributed by atoms with E-state index in [0.717, 1.165) is 24.2 Å². The van der Waals surface area contributed by atoms with E-state index in [9.17, 15) is 9.59 Å². The van der Waals surface area contributed by atoms with E-state index < -0.39 is 0 Å². The first kappa shape index (κ1) is 17.7. The Morgan fingerprint density at radius 1 is 1.28 bits per heavy atom. The summed E-state index contributed by atoms with van der Waals surface area (Å²) in [4.78, 5) is 26.3. The number of nitrogens with one attached hydrogen (secondary N) is 1. The van der Waals surface area contributed by atoms with Crippen LogP contribution in [-0.4, -0.2) is 56.8 Å². The average molecular weight is 348 g/mol. The molecule has 2 heterocycles. The van der Waals surface area contributed by atoms with Crippen molar-refractivity contribution < 1.29 is 23.8 Å². The van der Waals surface area contributed by atoms with E-state index in [-0.39, 0.29) is 24.3 Å². The SMILES string of the molecule is COCC(=O)Nc1ccc2c(c1)CN(C(=O)C1CCOCC1)CCO2. The normalized spacial score (nSPS) is 18.0. The van der Waals surface area contributed by atoms with Crippen molar-refractivity contribution in [3.05, 3.63) is 23.8 Å². The second-order valence-electron chi connectivity index (χ2n) is 6.30. The molecule has 0 spiro atoms. The summed E-state index contributed by atoms with van der Waals surface area (Å²) in [5, 5.41) is 2.78. The molecule has 2 amide bonds. The fraction of sp³-hybridized carbons (Fsp3) is 0.556. The van der Waals surface area contributed by atoms with Gasteiger partial charge in [-0.3, -0.25) is 9.59 Å². The molecule has 25 heavy (non-hydrogen) atoms. The number of amides is 2. The van der Waals surface area contributed by atoms with Gasteiger partial charge in [-0.15, -0.1) is 0 Å². The molecule has 2 aliphatic heterocycles. The minimum absolute atomic E-state index is 0.00193. The van der Waals surface area contributed by atoms with Crippen molar-refractivity contribution in [2.45, 2.75) is 19.4 Å². The summed E-state index contributed by atoms with van der Waals surface area (Å²) in [7, 11) is 1.48. The summed E-state index contributed by atoms with van der Waals surface area (Å²) in [6.07, 6.45) is 1.55. The highest BCUT2D eigenvalue weighted by atomic mass is 16.5. The van der Waals surface area contributed by atoms with Gasteiger partial charge in [-0.1, -0.05) is 0 Å². The molecule has 0 bridgehead atoms. The number of hydrogen-bond acceptors (Lipinski definition) is 5. The molecule has 2 aliphatic rings. The number of carbonyl (C=O) groups is 2. The molecule has 0 aromatic heterocycles. The highest BCUT2D eigenvalue weighted by Gasteiger charge is 2.28. The molecule has 7 nitrogen and oxygen atoms in total. The van der Waals surface area contributed by atoms with Gasteiger partial charge in [0.1, 0.15) is 19.0 Å². The van der Waals surface area contributed by atoms with Gasteiger partial charge in [0.05, 0.1) is 6.54 Å². The molecule has 0 unspecified atom stereocenters. The number of ether oxygens (including phenoxy) is 3. The Kier molecular flexibility index (Phi) is 5.88. The van der Waals surface area contributed by atoms with Gasteiger partial charge in [-0.2, -0.15) is 0 Å². The van der Waals surface area contributed by atoms with Crippen LogP contribution >= 0.6 is 0 Å². The Bertz CT molecular complexity index is 628. The Labute approximate surface area is 147 Å². The maximum atomic E-state index is 12.8. The van der Waals surface area contributed by atoms with Gasteiger partial charge in [-0.05, 0) is 31.0 Å². The van der Waals surface area contributed by atoms with E-state index in [1.54, 1.807) is 6.07 Å². The molecule has 1 aromatic carbocycles. The zero-order chi connectivity index (χ0) is 17.6. The number of anilines is 1. The molecule has 136 valence electrons. The number of benzene rings is 1. The van der Waals surface area contributed by atoms with E-state index in [4.69, 9.17) is 14.2 Å². The number of carbonyl (C=O) groups excluding carboxylic acids is 2. The molecule has 1 fully saturated rings. The molecule has 0 radical (unpaired) electrons. The van der Waals surface area contributed by atoms with Crippen LogP contribution in [0.4, 0.5) is 5.69 Å². The van der Waals surface area contributed by atoms with Gasteiger partial charge in [0.15, 0.2) is 0 Å². The van der Waals surface area contributed by atoms with Crippen molar-refractivity contribution >= 4 is 17.5 Å². The molecule has 7 heteroatoms. The number of methoxy groups -OCH3 is 1. The lowest BCUT2D eigenvalue weighted by Crippen LogP contribution is -2.39. The summed E-state index contributed by atoms with van der Waals surface area (Å²) in [6.45, 7) is 2.81.